The largest absolute Gasteiger partial charge is 0.493 e. The zero-order valence-electron chi connectivity index (χ0n) is 10.7. The van der Waals surface area contributed by atoms with Crippen molar-refractivity contribution < 1.29 is 18.7 Å². The van der Waals surface area contributed by atoms with Gasteiger partial charge in [0.25, 0.3) is 0 Å². The number of ether oxygens (including phenoxy) is 2. The second-order valence-corrected chi connectivity index (χ2v) is 4.81. The van der Waals surface area contributed by atoms with Gasteiger partial charge in [0.05, 0.1) is 22.9 Å². The van der Waals surface area contributed by atoms with Gasteiger partial charge in [0.15, 0.2) is 5.82 Å². The van der Waals surface area contributed by atoms with Crippen LogP contribution in [0.4, 0.5) is 9.18 Å². The number of aryl methyl sites for hydroxylation is 1. The molecule has 0 aromatic heterocycles. The second-order valence-electron chi connectivity index (χ2n) is 4.02. The number of carbonyl (C=O) groups excluding carboxylic acids is 1. The summed E-state index contributed by atoms with van der Waals surface area (Å²) in [4.78, 5) is 14.7. The summed E-state index contributed by atoms with van der Waals surface area (Å²) in [6.45, 7) is 2.01. The summed E-state index contributed by atoms with van der Waals surface area (Å²) < 4.78 is 24.5. The molecular weight excluding hydrogens is 308 g/mol. The van der Waals surface area contributed by atoms with Gasteiger partial charge in [-0.3, -0.25) is 0 Å². The lowest BCUT2D eigenvalue weighted by Gasteiger charge is -2.16. The molecule has 4 nitrogen and oxygen atoms in total. The first-order chi connectivity index (χ1) is 9.58. The molecule has 0 saturated carbocycles. The van der Waals surface area contributed by atoms with Gasteiger partial charge in [-0.25, -0.2) is 9.18 Å². The van der Waals surface area contributed by atoms with Crippen LogP contribution in [0.15, 0.2) is 11.1 Å². The molecule has 1 aliphatic heterocycles. The number of benzene rings is 1. The summed E-state index contributed by atoms with van der Waals surface area (Å²) >= 11 is 11.6. The van der Waals surface area contributed by atoms with Crippen LogP contribution in [0.1, 0.15) is 18.1 Å². The number of hydrogen-bond acceptors (Lipinski definition) is 3. The number of hydrogen-bond donors (Lipinski definition) is 0. The first-order valence-electron chi connectivity index (χ1n) is 6.02. The van der Waals surface area contributed by atoms with E-state index in [4.69, 9.17) is 32.7 Å². The Kier molecular flexibility index (Phi) is 4.83. The van der Waals surface area contributed by atoms with E-state index in [9.17, 15) is 9.18 Å². The SMILES string of the molecule is CCOc1c(CCCl)cc(Cl)c(F)c1C1=NC(=O)OC1. The molecule has 0 aliphatic carbocycles. The van der Waals surface area contributed by atoms with Gasteiger partial charge in [-0.2, -0.15) is 4.99 Å². The predicted octanol–water partition coefficient (Wildman–Crippen LogP) is 3.60. The monoisotopic (exact) mass is 319 g/mol. The summed E-state index contributed by atoms with van der Waals surface area (Å²) in [7, 11) is 0. The van der Waals surface area contributed by atoms with Crippen LogP contribution in [0.2, 0.25) is 5.02 Å². The Morgan fingerprint density at radius 2 is 2.30 bits per heavy atom. The molecule has 1 aromatic carbocycles. The molecule has 7 heteroatoms. The fourth-order valence-corrected chi connectivity index (χ4v) is 2.38. The molecule has 0 N–H and O–H groups in total. The third-order valence-electron chi connectivity index (χ3n) is 2.75. The molecule has 1 heterocycles. The van der Waals surface area contributed by atoms with Crippen molar-refractivity contribution >= 4 is 35.0 Å². The van der Waals surface area contributed by atoms with Crippen LogP contribution >= 0.6 is 23.2 Å². The lowest BCUT2D eigenvalue weighted by atomic mass is 10.0. The second kappa shape index (κ2) is 6.41. The van der Waals surface area contributed by atoms with E-state index >= 15 is 0 Å². The third-order valence-corrected chi connectivity index (χ3v) is 3.21. The lowest BCUT2D eigenvalue weighted by molar-refractivity contribution is 0.181. The van der Waals surface area contributed by atoms with Gasteiger partial charge in [-0.05, 0) is 25.0 Å². The van der Waals surface area contributed by atoms with Crippen LogP contribution < -0.4 is 4.74 Å². The molecule has 0 unspecified atom stereocenters. The minimum absolute atomic E-state index is 0.0642. The Bertz CT molecular complexity index is 575. The predicted molar refractivity (Wildman–Crippen MR) is 74.9 cm³/mol. The van der Waals surface area contributed by atoms with Gasteiger partial charge in [-0.1, -0.05) is 11.6 Å². The number of aliphatic imine (C=N–C) groups is 1. The van der Waals surface area contributed by atoms with E-state index in [1.54, 1.807) is 6.92 Å². The highest BCUT2D eigenvalue weighted by molar-refractivity contribution is 6.31. The molecule has 1 aliphatic rings. The zero-order chi connectivity index (χ0) is 14.7. The van der Waals surface area contributed by atoms with E-state index in [-0.39, 0.29) is 22.9 Å². The van der Waals surface area contributed by atoms with Crippen LogP contribution in [0.3, 0.4) is 0 Å². The number of cyclic esters (lactones) is 1. The van der Waals surface area contributed by atoms with Crippen molar-refractivity contribution in [1.82, 2.24) is 0 Å². The Labute approximate surface area is 125 Å². The van der Waals surface area contributed by atoms with Crippen LogP contribution in [0.5, 0.6) is 5.75 Å². The standard InChI is InChI=1S/C13H12Cl2FNO3/c1-2-19-12-7(3-4-14)5-8(15)11(16)10(12)9-6-20-13(18)17-9/h5H,2-4,6H2,1H3. The van der Waals surface area contributed by atoms with E-state index in [0.717, 1.165) is 0 Å². The number of carbonyl (C=O) groups is 1. The van der Waals surface area contributed by atoms with Crippen molar-refractivity contribution in [2.75, 3.05) is 19.1 Å². The Morgan fingerprint density at radius 1 is 1.55 bits per heavy atom. The Morgan fingerprint density at radius 3 is 2.85 bits per heavy atom. The van der Waals surface area contributed by atoms with Crippen molar-refractivity contribution in [1.29, 1.82) is 0 Å². The minimum Gasteiger partial charge on any atom is -0.493 e. The number of rotatable bonds is 5. The van der Waals surface area contributed by atoms with Gasteiger partial charge >= 0.3 is 6.09 Å². The molecule has 108 valence electrons. The first kappa shape index (κ1) is 15.1. The van der Waals surface area contributed by atoms with Gasteiger partial charge < -0.3 is 9.47 Å². The van der Waals surface area contributed by atoms with Crippen molar-refractivity contribution in [2.24, 2.45) is 4.99 Å². The Hall–Kier alpha value is -1.33. The highest BCUT2D eigenvalue weighted by Gasteiger charge is 2.27. The van der Waals surface area contributed by atoms with Crippen molar-refractivity contribution in [3.63, 3.8) is 0 Å². The van der Waals surface area contributed by atoms with Crippen LogP contribution in [0, 0.1) is 5.82 Å². The summed E-state index contributed by atoms with van der Waals surface area (Å²) in [6.07, 6.45) is -0.285. The van der Waals surface area contributed by atoms with Crippen molar-refractivity contribution in [3.8, 4) is 5.75 Å². The molecular formula is C13H12Cl2FNO3. The number of amides is 1. The van der Waals surface area contributed by atoms with E-state index in [1.165, 1.54) is 6.07 Å². The number of alkyl halides is 1. The maximum atomic E-state index is 14.3. The third kappa shape index (κ3) is 2.88. The number of halogens is 3. The molecule has 0 radical (unpaired) electrons. The smallest absolute Gasteiger partial charge is 0.434 e. The van der Waals surface area contributed by atoms with Gasteiger partial charge in [0, 0.05) is 5.88 Å². The average molecular weight is 320 g/mol. The summed E-state index contributed by atoms with van der Waals surface area (Å²) in [5.41, 5.74) is 0.921. The zero-order valence-corrected chi connectivity index (χ0v) is 12.2. The van der Waals surface area contributed by atoms with Crippen LogP contribution in [-0.4, -0.2) is 30.9 Å². The molecule has 0 bridgehead atoms. The highest BCUT2D eigenvalue weighted by atomic mass is 35.5. The molecule has 1 amide bonds. The van der Waals surface area contributed by atoms with E-state index in [1.807, 2.05) is 0 Å². The summed E-state index contributed by atoms with van der Waals surface area (Å²) in [5, 5.41) is -0.0642. The van der Waals surface area contributed by atoms with Crippen molar-refractivity contribution in [3.05, 3.63) is 28.0 Å². The molecule has 2 rings (SSSR count). The number of nitrogens with zero attached hydrogens (tertiary/aromatic N) is 1. The summed E-state index contributed by atoms with van der Waals surface area (Å²) in [6, 6.07) is 1.48. The molecule has 0 saturated heterocycles. The quantitative estimate of drug-likeness (QED) is 0.779. The molecule has 0 atom stereocenters. The molecule has 1 aromatic rings. The van der Waals surface area contributed by atoms with Gasteiger partial charge in [-0.15, -0.1) is 11.6 Å². The van der Waals surface area contributed by atoms with Crippen molar-refractivity contribution in [2.45, 2.75) is 13.3 Å². The Balaban J connectivity index is 2.62. The molecule has 0 spiro atoms. The van der Waals surface area contributed by atoms with E-state index < -0.39 is 11.9 Å². The van der Waals surface area contributed by atoms with Gasteiger partial charge in [0.2, 0.25) is 0 Å². The van der Waals surface area contributed by atoms with Gasteiger partial charge in [0.1, 0.15) is 12.4 Å². The topological polar surface area (TPSA) is 47.9 Å². The first-order valence-corrected chi connectivity index (χ1v) is 6.94. The van der Waals surface area contributed by atoms with Crippen LogP contribution in [0.25, 0.3) is 0 Å². The maximum Gasteiger partial charge on any atom is 0.434 e. The summed E-state index contributed by atoms with van der Waals surface area (Å²) in [5.74, 6) is -0.0267. The maximum absolute atomic E-state index is 14.3. The fraction of sp³-hybridized carbons (Fsp3) is 0.385. The van der Waals surface area contributed by atoms with E-state index in [2.05, 4.69) is 4.99 Å². The highest BCUT2D eigenvalue weighted by Crippen LogP contribution is 2.34. The van der Waals surface area contributed by atoms with E-state index in [0.29, 0.717) is 30.2 Å². The van der Waals surface area contributed by atoms with Crippen LogP contribution in [-0.2, 0) is 11.2 Å². The average Bonchev–Trinajstić information content (AvgIpc) is 2.82. The normalized spacial score (nSPS) is 14.2. The lowest BCUT2D eigenvalue weighted by Crippen LogP contribution is -2.12. The fourth-order valence-electron chi connectivity index (χ4n) is 1.95. The molecule has 20 heavy (non-hydrogen) atoms. The minimum atomic E-state index is -0.749. The molecule has 0 fully saturated rings.